The van der Waals surface area contributed by atoms with Crippen molar-refractivity contribution in [1.29, 1.82) is 0 Å². The van der Waals surface area contributed by atoms with Crippen LogP contribution in [0.4, 0.5) is 11.6 Å². The molecule has 8 heteroatoms. The van der Waals surface area contributed by atoms with E-state index in [0.29, 0.717) is 23.7 Å². The van der Waals surface area contributed by atoms with Crippen molar-refractivity contribution >= 4 is 17.5 Å². The number of hydrogen-bond donors (Lipinski definition) is 2. The van der Waals surface area contributed by atoms with Crippen molar-refractivity contribution in [3.8, 4) is 0 Å². The molecule has 0 atom stereocenters. The minimum atomic E-state index is -0.554. The fourth-order valence-corrected chi connectivity index (χ4v) is 2.30. The first-order valence-electron chi connectivity index (χ1n) is 7.53. The molecule has 0 saturated heterocycles. The van der Waals surface area contributed by atoms with Crippen molar-refractivity contribution in [3.63, 3.8) is 0 Å². The summed E-state index contributed by atoms with van der Waals surface area (Å²) in [5.41, 5.74) is 3.71. The molecule has 126 valence electrons. The van der Waals surface area contributed by atoms with Gasteiger partial charge < -0.3 is 4.90 Å². The Morgan fingerprint density at radius 2 is 1.84 bits per heavy atom. The number of nitrogens with zero attached hydrogens (tertiary/aromatic N) is 5. The summed E-state index contributed by atoms with van der Waals surface area (Å²) in [5, 5.41) is 8.69. The number of amides is 1. The Hall–Kier alpha value is -3.39. The van der Waals surface area contributed by atoms with Crippen LogP contribution in [-0.2, 0) is 6.54 Å². The van der Waals surface area contributed by atoms with Gasteiger partial charge in [0.05, 0.1) is 24.6 Å². The van der Waals surface area contributed by atoms with E-state index in [9.17, 15) is 4.79 Å². The summed E-state index contributed by atoms with van der Waals surface area (Å²) in [6.45, 7) is 2.34. The summed E-state index contributed by atoms with van der Waals surface area (Å²) >= 11 is 0. The fourth-order valence-electron chi connectivity index (χ4n) is 2.30. The van der Waals surface area contributed by atoms with Crippen molar-refractivity contribution < 1.29 is 10.0 Å². The Balaban J connectivity index is 1.91. The van der Waals surface area contributed by atoms with Crippen molar-refractivity contribution in [1.82, 2.24) is 25.4 Å². The molecule has 0 aliphatic carbocycles. The summed E-state index contributed by atoms with van der Waals surface area (Å²) in [6.07, 6.45) is 8.21. The third kappa shape index (κ3) is 3.93. The molecule has 0 unspecified atom stereocenters. The predicted octanol–water partition coefficient (Wildman–Crippen LogP) is 2.03. The van der Waals surface area contributed by atoms with E-state index in [1.165, 1.54) is 0 Å². The summed E-state index contributed by atoms with van der Waals surface area (Å²) in [5.74, 6) is 0.735. The van der Waals surface area contributed by atoms with Gasteiger partial charge in [-0.15, -0.1) is 0 Å². The van der Waals surface area contributed by atoms with Gasteiger partial charge >= 0.3 is 0 Å². The largest absolute Gasteiger partial charge is 0.304 e. The average Bonchev–Trinajstić information content (AvgIpc) is 2.66. The zero-order chi connectivity index (χ0) is 17.6. The van der Waals surface area contributed by atoms with Crippen LogP contribution < -0.4 is 10.4 Å². The number of hydrogen-bond acceptors (Lipinski definition) is 7. The maximum absolute atomic E-state index is 11.4. The van der Waals surface area contributed by atoms with Crippen LogP contribution in [0, 0.1) is 6.92 Å². The molecule has 2 N–H and O–H groups in total. The van der Waals surface area contributed by atoms with Gasteiger partial charge in [0.25, 0.3) is 5.91 Å². The van der Waals surface area contributed by atoms with Gasteiger partial charge in [0, 0.05) is 24.2 Å². The van der Waals surface area contributed by atoms with Crippen LogP contribution in [-0.4, -0.2) is 31.1 Å². The van der Waals surface area contributed by atoms with E-state index in [2.05, 4.69) is 19.9 Å². The molecule has 0 fully saturated rings. The number of hydroxylamine groups is 1. The van der Waals surface area contributed by atoms with E-state index >= 15 is 0 Å². The molecule has 3 rings (SSSR count). The normalized spacial score (nSPS) is 10.3. The topological polar surface area (TPSA) is 104 Å². The maximum atomic E-state index is 11.4. The standard InChI is InChI=1S/C17H16N6O2/c1-12-8-19-10-16(21-12)23(15-9-18-6-7-20-15)11-13-2-4-14(5-3-13)17(24)22-25/h2-10,25H,11H2,1H3,(H,22,24). The van der Waals surface area contributed by atoms with E-state index in [0.717, 1.165) is 11.3 Å². The number of benzene rings is 1. The molecular formula is C17H16N6O2. The molecule has 2 aromatic heterocycles. The van der Waals surface area contributed by atoms with Crippen LogP contribution in [0.3, 0.4) is 0 Å². The molecule has 2 heterocycles. The van der Waals surface area contributed by atoms with Crippen LogP contribution >= 0.6 is 0 Å². The highest BCUT2D eigenvalue weighted by atomic mass is 16.5. The number of rotatable bonds is 5. The molecular weight excluding hydrogens is 320 g/mol. The van der Waals surface area contributed by atoms with Gasteiger partial charge in [-0.05, 0) is 24.6 Å². The number of carbonyl (C=O) groups is 1. The predicted molar refractivity (Wildman–Crippen MR) is 90.3 cm³/mol. The van der Waals surface area contributed by atoms with E-state index in [-0.39, 0.29) is 0 Å². The number of anilines is 2. The van der Waals surface area contributed by atoms with E-state index < -0.39 is 5.91 Å². The number of aromatic nitrogens is 4. The van der Waals surface area contributed by atoms with Gasteiger partial charge in [-0.25, -0.2) is 15.4 Å². The van der Waals surface area contributed by atoms with Crippen LogP contribution in [0.25, 0.3) is 0 Å². The molecule has 8 nitrogen and oxygen atoms in total. The monoisotopic (exact) mass is 336 g/mol. The summed E-state index contributed by atoms with van der Waals surface area (Å²) in [6, 6.07) is 6.88. The van der Waals surface area contributed by atoms with E-state index in [4.69, 9.17) is 5.21 Å². The third-order valence-electron chi connectivity index (χ3n) is 3.50. The molecule has 0 aliphatic heterocycles. The average molecular weight is 336 g/mol. The second-order valence-corrected chi connectivity index (χ2v) is 5.31. The first-order chi connectivity index (χ1) is 12.2. The van der Waals surface area contributed by atoms with Gasteiger partial charge in [-0.3, -0.25) is 20.0 Å². The van der Waals surface area contributed by atoms with Crippen molar-refractivity contribution in [2.24, 2.45) is 0 Å². The number of aryl methyl sites for hydroxylation is 1. The van der Waals surface area contributed by atoms with Crippen LogP contribution in [0.15, 0.2) is 55.2 Å². The van der Waals surface area contributed by atoms with E-state index in [1.54, 1.807) is 60.7 Å². The van der Waals surface area contributed by atoms with E-state index in [1.807, 2.05) is 11.8 Å². The van der Waals surface area contributed by atoms with Gasteiger partial charge in [-0.1, -0.05) is 12.1 Å². The van der Waals surface area contributed by atoms with Crippen molar-refractivity contribution in [3.05, 3.63) is 72.1 Å². The Morgan fingerprint density at radius 1 is 1.08 bits per heavy atom. The summed E-state index contributed by atoms with van der Waals surface area (Å²) < 4.78 is 0. The van der Waals surface area contributed by atoms with Gasteiger partial charge in [0.2, 0.25) is 0 Å². The lowest BCUT2D eigenvalue weighted by Crippen LogP contribution is -2.20. The lowest BCUT2D eigenvalue weighted by Gasteiger charge is -2.22. The van der Waals surface area contributed by atoms with Crippen LogP contribution in [0.5, 0.6) is 0 Å². The van der Waals surface area contributed by atoms with Gasteiger partial charge in [0.1, 0.15) is 0 Å². The number of carbonyl (C=O) groups excluding carboxylic acids is 1. The van der Waals surface area contributed by atoms with Crippen LogP contribution in [0.1, 0.15) is 21.6 Å². The quantitative estimate of drug-likeness (QED) is 0.542. The highest BCUT2D eigenvalue weighted by molar-refractivity contribution is 5.93. The highest BCUT2D eigenvalue weighted by Crippen LogP contribution is 2.23. The summed E-state index contributed by atoms with van der Waals surface area (Å²) in [4.78, 5) is 30.4. The molecule has 1 aromatic carbocycles. The van der Waals surface area contributed by atoms with Crippen LogP contribution in [0.2, 0.25) is 0 Å². The maximum Gasteiger partial charge on any atom is 0.274 e. The van der Waals surface area contributed by atoms with Gasteiger partial charge in [0.15, 0.2) is 11.6 Å². The molecule has 1 amide bonds. The third-order valence-corrected chi connectivity index (χ3v) is 3.50. The lowest BCUT2D eigenvalue weighted by atomic mass is 10.1. The Kier molecular flexibility index (Phi) is 4.91. The zero-order valence-corrected chi connectivity index (χ0v) is 13.5. The molecule has 0 bridgehead atoms. The Morgan fingerprint density at radius 3 is 2.48 bits per heavy atom. The first kappa shape index (κ1) is 16.5. The van der Waals surface area contributed by atoms with Crippen molar-refractivity contribution in [2.75, 3.05) is 4.90 Å². The number of nitrogens with one attached hydrogen (secondary N) is 1. The second kappa shape index (κ2) is 7.45. The molecule has 0 saturated carbocycles. The van der Waals surface area contributed by atoms with Gasteiger partial charge in [-0.2, -0.15) is 0 Å². The highest BCUT2D eigenvalue weighted by Gasteiger charge is 2.14. The Bertz CT molecular complexity index is 855. The Labute approximate surface area is 144 Å². The SMILES string of the molecule is Cc1cncc(N(Cc2ccc(C(=O)NO)cc2)c2cnccn2)n1. The molecule has 0 radical (unpaired) electrons. The smallest absolute Gasteiger partial charge is 0.274 e. The second-order valence-electron chi connectivity index (χ2n) is 5.31. The minimum Gasteiger partial charge on any atom is -0.304 e. The van der Waals surface area contributed by atoms with Crippen molar-refractivity contribution in [2.45, 2.75) is 13.5 Å². The molecule has 0 spiro atoms. The molecule has 0 aliphatic rings. The summed E-state index contributed by atoms with van der Waals surface area (Å²) in [7, 11) is 0. The minimum absolute atomic E-state index is 0.368. The fraction of sp³-hybridized carbons (Fsp3) is 0.118. The molecule has 25 heavy (non-hydrogen) atoms. The zero-order valence-electron chi connectivity index (χ0n) is 13.5. The molecule has 3 aromatic rings. The first-order valence-corrected chi connectivity index (χ1v) is 7.53. The lowest BCUT2D eigenvalue weighted by molar-refractivity contribution is 0.0706.